The molecule has 0 spiro atoms. The Balaban J connectivity index is 2.22. The zero-order chi connectivity index (χ0) is 12.5. The average molecular weight is 237 g/mol. The fourth-order valence-corrected chi connectivity index (χ4v) is 2.08. The Morgan fingerprint density at radius 2 is 1.78 bits per heavy atom. The van der Waals surface area contributed by atoms with Crippen LogP contribution in [-0.4, -0.2) is 4.98 Å². The standard InChI is InChI=1S/C16H12FN/c1-11-6-7-12-10-18-16(9-13(12)8-11)14-4-2-3-5-15(14)17/h2-10H,1H3. The number of pyridine rings is 1. The molecule has 0 bridgehead atoms. The Morgan fingerprint density at radius 3 is 2.61 bits per heavy atom. The van der Waals surface area contributed by atoms with Gasteiger partial charge in [0.2, 0.25) is 0 Å². The molecule has 3 rings (SSSR count). The van der Waals surface area contributed by atoms with Crippen molar-refractivity contribution in [1.29, 1.82) is 0 Å². The van der Waals surface area contributed by atoms with Gasteiger partial charge in [0, 0.05) is 17.1 Å². The minimum Gasteiger partial charge on any atom is -0.255 e. The van der Waals surface area contributed by atoms with E-state index >= 15 is 0 Å². The number of aryl methyl sites for hydroxylation is 1. The van der Waals surface area contributed by atoms with Crippen molar-refractivity contribution in [3.63, 3.8) is 0 Å². The topological polar surface area (TPSA) is 12.9 Å². The molecule has 0 saturated heterocycles. The molecule has 0 atom stereocenters. The van der Waals surface area contributed by atoms with Crippen LogP contribution in [0.3, 0.4) is 0 Å². The molecule has 2 aromatic carbocycles. The van der Waals surface area contributed by atoms with Crippen LogP contribution in [0.1, 0.15) is 5.56 Å². The van der Waals surface area contributed by atoms with Crippen LogP contribution in [0, 0.1) is 12.7 Å². The Hall–Kier alpha value is -2.22. The first-order valence-corrected chi connectivity index (χ1v) is 5.85. The van der Waals surface area contributed by atoms with Crippen molar-refractivity contribution < 1.29 is 4.39 Å². The summed E-state index contributed by atoms with van der Waals surface area (Å²) in [6.07, 6.45) is 1.79. The molecule has 0 amide bonds. The summed E-state index contributed by atoms with van der Waals surface area (Å²) in [5.74, 6) is -0.239. The predicted molar refractivity (Wildman–Crippen MR) is 71.9 cm³/mol. The summed E-state index contributed by atoms with van der Waals surface area (Å²) in [6.45, 7) is 2.04. The number of fused-ring (bicyclic) bond motifs is 1. The molecule has 3 aromatic rings. The SMILES string of the molecule is Cc1ccc2cnc(-c3ccccc3F)cc2c1. The fourth-order valence-electron chi connectivity index (χ4n) is 2.08. The number of halogens is 1. The van der Waals surface area contributed by atoms with E-state index in [0.717, 1.165) is 10.8 Å². The molecule has 1 heterocycles. The largest absolute Gasteiger partial charge is 0.255 e. The lowest BCUT2D eigenvalue weighted by Gasteiger charge is -2.05. The zero-order valence-electron chi connectivity index (χ0n) is 10.0. The van der Waals surface area contributed by atoms with E-state index in [0.29, 0.717) is 11.3 Å². The van der Waals surface area contributed by atoms with Gasteiger partial charge in [0.05, 0.1) is 5.69 Å². The Morgan fingerprint density at radius 1 is 0.944 bits per heavy atom. The molecule has 0 radical (unpaired) electrons. The van der Waals surface area contributed by atoms with Gasteiger partial charge < -0.3 is 0 Å². The van der Waals surface area contributed by atoms with Crippen molar-refractivity contribution in [2.45, 2.75) is 6.92 Å². The van der Waals surface area contributed by atoms with Crippen LogP contribution >= 0.6 is 0 Å². The van der Waals surface area contributed by atoms with Crippen LogP contribution in [0.15, 0.2) is 54.7 Å². The molecule has 0 aliphatic heterocycles. The number of rotatable bonds is 1. The van der Waals surface area contributed by atoms with Gasteiger partial charge in [-0.05, 0) is 30.5 Å². The summed E-state index contributed by atoms with van der Waals surface area (Å²) >= 11 is 0. The second-order valence-electron chi connectivity index (χ2n) is 4.40. The number of hydrogen-bond acceptors (Lipinski definition) is 1. The molecule has 2 heteroatoms. The molecule has 18 heavy (non-hydrogen) atoms. The van der Waals surface area contributed by atoms with Crippen LogP contribution in [0.2, 0.25) is 0 Å². The van der Waals surface area contributed by atoms with Gasteiger partial charge in [0.15, 0.2) is 0 Å². The van der Waals surface area contributed by atoms with Gasteiger partial charge >= 0.3 is 0 Å². The third-order valence-electron chi connectivity index (χ3n) is 3.03. The van der Waals surface area contributed by atoms with E-state index in [1.807, 2.05) is 31.2 Å². The average Bonchev–Trinajstić information content (AvgIpc) is 2.38. The Labute approximate surface area is 105 Å². The van der Waals surface area contributed by atoms with Gasteiger partial charge in [-0.2, -0.15) is 0 Å². The number of nitrogens with zero attached hydrogens (tertiary/aromatic N) is 1. The molecule has 0 aliphatic carbocycles. The van der Waals surface area contributed by atoms with Crippen molar-refractivity contribution in [2.24, 2.45) is 0 Å². The lowest BCUT2D eigenvalue weighted by atomic mass is 10.1. The number of aromatic nitrogens is 1. The third kappa shape index (κ3) is 1.86. The Kier molecular flexibility index (Phi) is 2.56. The highest BCUT2D eigenvalue weighted by Crippen LogP contribution is 2.24. The molecule has 1 nitrogen and oxygen atoms in total. The molecule has 0 aliphatic rings. The quantitative estimate of drug-likeness (QED) is 0.613. The first-order chi connectivity index (χ1) is 8.74. The van der Waals surface area contributed by atoms with E-state index in [9.17, 15) is 4.39 Å². The highest BCUT2D eigenvalue weighted by molar-refractivity contribution is 5.85. The predicted octanol–water partition coefficient (Wildman–Crippen LogP) is 4.35. The van der Waals surface area contributed by atoms with E-state index in [2.05, 4.69) is 11.1 Å². The summed E-state index contributed by atoms with van der Waals surface area (Å²) in [5, 5.41) is 2.16. The van der Waals surface area contributed by atoms with Crippen molar-refractivity contribution in [3.8, 4) is 11.3 Å². The van der Waals surface area contributed by atoms with Gasteiger partial charge in [-0.15, -0.1) is 0 Å². The summed E-state index contributed by atoms with van der Waals surface area (Å²) in [6, 6.07) is 14.8. The van der Waals surface area contributed by atoms with Crippen LogP contribution in [0.5, 0.6) is 0 Å². The lowest BCUT2D eigenvalue weighted by Crippen LogP contribution is -1.88. The molecule has 0 saturated carbocycles. The van der Waals surface area contributed by atoms with Crippen LogP contribution in [-0.2, 0) is 0 Å². The molecular formula is C16H12FN. The van der Waals surface area contributed by atoms with Gasteiger partial charge in [-0.3, -0.25) is 4.98 Å². The molecule has 0 unspecified atom stereocenters. The van der Waals surface area contributed by atoms with Gasteiger partial charge in [-0.25, -0.2) is 4.39 Å². The molecule has 0 fully saturated rings. The van der Waals surface area contributed by atoms with E-state index in [4.69, 9.17) is 0 Å². The third-order valence-corrected chi connectivity index (χ3v) is 3.03. The van der Waals surface area contributed by atoms with Gasteiger partial charge in [-0.1, -0.05) is 35.9 Å². The van der Waals surface area contributed by atoms with E-state index in [1.165, 1.54) is 11.6 Å². The molecule has 0 N–H and O–H groups in total. The summed E-state index contributed by atoms with van der Waals surface area (Å²) in [7, 11) is 0. The second-order valence-corrected chi connectivity index (χ2v) is 4.40. The van der Waals surface area contributed by atoms with Crippen molar-refractivity contribution in [2.75, 3.05) is 0 Å². The van der Waals surface area contributed by atoms with Crippen LogP contribution in [0.4, 0.5) is 4.39 Å². The lowest BCUT2D eigenvalue weighted by molar-refractivity contribution is 0.631. The molecule has 1 aromatic heterocycles. The Bertz CT molecular complexity index is 719. The highest BCUT2D eigenvalue weighted by Gasteiger charge is 2.06. The van der Waals surface area contributed by atoms with Crippen LogP contribution in [0.25, 0.3) is 22.0 Å². The first-order valence-electron chi connectivity index (χ1n) is 5.85. The highest BCUT2D eigenvalue weighted by atomic mass is 19.1. The molecule has 88 valence electrons. The summed E-state index contributed by atoms with van der Waals surface area (Å²) < 4.78 is 13.7. The number of hydrogen-bond donors (Lipinski definition) is 0. The minimum atomic E-state index is -0.239. The van der Waals surface area contributed by atoms with E-state index in [-0.39, 0.29) is 5.82 Å². The van der Waals surface area contributed by atoms with E-state index < -0.39 is 0 Å². The van der Waals surface area contributed by atoms with Gasteiger partial charge in [0.25, 0.3) is 0 Å². The maximum absolute atomic E-state index is 13.7. The zero-order valence-corrected chi connectivity index (χ0v) is 10.0. The normalized spacial score (nSPS) is 10.8. The maximum atomic E-state index is 13.7. The van der Waals surface area contributed by atoms with Crippen molar-refractivity contribution in [1.82, 2.24) is 4.98 Å². The van der Waals surface area contributed by atoms with Gasteiger partial charge in [0.1, 0.15) is 5.82 Å². The van der Waals surface area contributed by atoms with Crippen LogP contribution < -0.4 is 0 Å². The fraction of sp³-hybridized carbons (Fsp3) is 0.0625. The minimum absolute atomic E-state index is 0.239. The molecular weight excluding hydrogens is 225 g/mol. The summed E-state index contributed by atoms with van der Waals surface area (Å²) in [4.78, 5) is 4.33. The monoisotopic (exact) mass is 237 g/mol. The smallest absolute Gasteiger partial charge is 0.132 e. The van der Waals surface area contributed by atoms with Crippen molar-refractivity contribution >= 4 is 10.8 Å². The van der Waals surface area contributed by atoms with E-state index in [1.54, 1.807) is 18.3 Å². The van der Waals surface area contributed by atoms with Crippen molar-refractivity contribution in [3.05, 3.63) is 66.1 Å². The summed E-state index contributed by atoms with van der Waals surface area (Å²) in [5.41, 5.74) is 2.40. The second kappa shape index (κ2) is 4.22. The number of benzene rings is 2. The maximum Gasteiger partial charge on any atom is 0.132 e. The first kappa shape index (κ1) is 10.9.